The van der Waals surface area contributed by atoms with Gasteiger partial charge in [0.15, 0.2) is 6.61 Å². The summed E-state index contributed by atoms with van der Waals surface area (Å²) in [6.45, 7) is -0.277. The maximum absolute atomic E-state index is 12.5. The van der Waals surface area contributed by atoms with Crippen molar-refractivity contribution < 1.29 is 23.8 Å². The molecule has 9 heteroatoms. The molecule has 35 heavy (non-hydrogen) atoms. The van der Waals surface area contributed by atoms with E-state index in [1.54, 1.807) is 67.8 Å². The minimum absolute atomic E-state index is 0.110. The van der Waals surface area contributed by atoms with Crippen molar-refractivity contribution in [2.75, 3.05) is 31.5 Å². The van der Waals surface area contributed by atoms with Gasteiger partial charge in [-0.05, 0) is 60.2 Å². The molecule has 0 atom stereocenters. The van der Waals surface area contributed by atoms with Crippen LogP contribution in [0.5, 0.6) is 17.2 Å². The number of nitriles is 1. The molecule has 0 saturated heterocycles. The molecule has 3 rings (SSSR count). The maximum Gasteiger partial charge on any atom is 0.266 e. The number of ether oxygens (including phenoxy) is 3. The Morgan fingerprint density at radius 2 is 1.71 bits per heavy atom. The fourth-order valence-electron chi connectivity index (χ4n) is 2.99. The van der Waals surface area contributed by atoms with Crippen LogP contribution >= 0.6 is 11.6 Å². The van der Waals surface area contributed by atoms with Crippen molar-refractivity contribution in [3.05, 3.63) is 82.9 Å². The zero-order valence-corrected chi connectivity index (χ0v) is 19.8. The van der Waals surface area contributed by atoms with Crippen molar-refractivity contribution in [1.29, 1.82) is 5.26 Å². The first-order chi connectivity index (χ1) is 16.9. The van der Waals surface area contributed by atoms with Crippen molar-refractivity contribution in [2.45, 2.75) is 0 Å². The lowest BCUT2D eigenvalue weighted by molar-refractivity contribution is -0.118. The fraction of sp³-hybridized carbons (Fsp3) is 0.115. The molecule has 0 heterocycles. The van der Waals surface area contributed by atoms with E-state index in [9.17, 15) is 14.9 Å². The van der Waals surface area contributed by atoms with Gasteiger partial charge in [-0.1, -0.05) is 29.8 Å². The Balaban J connectivity index is 1.63. The van der Waals surface area contributed by atoms with Crippen LogP contribution in [0.1, 0.15) is 5.56 Å². The Labute approximate surface area is 207 Å². The molecule has 0 aromatic heterocycles. The van der Waals surface area contributed by atoms with Crippen LogP contribution in [0.15, 0.2) is 72.3 Å². The third-order valence-electron chi connectivity index (χ3n) is 4.72. The van der Waals surface area contributed by atoms with Gasteiger partial charge in [-0.3, -0.25) is 9.59 Å². The van der Waals surface area contributed by atoms with Gasteiger partial charge >= 0.3 is 0 Å². The molecule has 0 radical (unpaired) electrons. The maximum atomic E-state index is 12.5. The molecule has 0 bridgehead atoms. The molecule has 0 aliphatic heterocycles. The number of nitrogens with zero attached hydrogens (tertiary/aromatic N) is 1. The van der Waals surface area contributed by atoms with Gasteiger partial charge in [-0.2, -0.15) is 5.26 Å². The summed E-state index contributed by atoms with van der Waals surface area (Å²) in [7, 11) is 3.06. The molecule has 2 amide bonds. The Hall–Kier alpha value is -4.48. The number of halogens is 1. The summed E-state index contributed by atoms with van der Waals surface area (Å²) in [5, 5.41) is 15.0. The first-order valence-corrected chi connectivity index (χ1v) is 10.7. The van der Waals surface area contributed by atoms with E-state index in [1.165, 1.54) is 19.3 Å². The molecule has 0 saturated carbocycles. The average molecular weight is 492 g/mol. The summed E-state index contributed by atoms with van der Waals surface area (Å²) in [6.07, 6.45) is 1.41. The van der Waals surface area contributed by atoms with Crippen LogP contribution in [-0.2, 0) is 9.59 Å². The third kappa shape index (κ3) is 7.00. The lowest BCUT2D eigenvalue weighted by Gasteiger charge is -2.11. The number of carbonyl (C=O) groups is 2. The third-order valence-corrected chi connectivity index (χ3v) is 5.02. The second-order valence-electron chi connectivity index (χ2n) is 7.08. The zero-order chi connectivity index (χ0) is 25.2. The second kappa shape index (κ2) is 12.1. The summed E-state index contributed by atoms with van der Waals surface area (Å²) in [6, 6.07) is 20.3. The van der Waals surface area contributed by atoms with Gasteiger partial charge in [-0.15, -0.1) is 0 Å². The highest BCUT2D eigenvalue weighted by Gasteiger charge is 2.12. The lowest BCUT2D eigenvalue weighted by Crippen LogP contribution is -2.20. The zero-order valence-electron chi connectivity index (χ0n) is 19.0. The van der Waals surface area contributed by atoms with Gasteiger partial charge in [0.05, 0.1) is 24.9 Å². The highest BCUT2D eigenvalue weighted by Crippen LogP contribution is 2.27. The number of rotatable bonds is 9. The van der Waals surface area contributed by atoms with E-state index in [2.05, 4.69) is 10.6 Å². The van der Waals surface area contributed by atoms with Gasteiger partial charge in [0.1, 0.15) is 28.9 Å². The molecule has 2 N–H and O–H groups in total. The van der Waals surface area contributed by atoms with Crippen LogP contribution in [0.3, 0.4) is 0 Å². The lowest BCUT2D eigenvalue weighted by atomic mass is 10.1. The number of para-hydroxylation sites is 2. The van der Waals surface area contributed by atoms with Crippen LogP contribution in [0, 0.1) is 11.3 Å². The largest absolute Gasteiger partial charge is 0.497 e. The smallest absolute Gasteiger partial charge is 0.266 e. The molecule has 8 nitrogen and oxygen atoms in total. The Kier molecular flexibility index (Phi) is 8.70. The molecular formula is C26H22ClN3O5. The SMILES string of the molecule is COc1ccc(NC(=O)/C(C#N)=C\c2ccc(OCC(=O)Nc3ccccc3OC)c(Cl)c2)cc1. The van der Waals surface area contributed by atoms with Crippen LogP contribution in [0.25, 0.3) is 6.08 Å². The molecule has 0 aliphatic carbocycles. The Morgan fingerprint density at radius 3 is 2.37 bits per heavy atom. The van der Waals surface area contributed by atoms with Crippen LogP contribution in [-0.4, -0.2) is 32.6 Å². The first kappa shape index (κ1) is 25.1. The topological polar surface area (TPSA) is 110 Å². The number of benzene rings is 3. The van der Waals surface area contributed by atoms with Crippen LogP contribution < -0.4 is 24.8 Å². The fourth-order valence-corrected chi connectivity index (χ4v) is 3.23. The predicted molar refractivity (Wildman–Crippen MR) is 134 cm³/mol. The molecule has 3 aromatic carbocycles. The molecular weight excluding hydrogens is 470 g/mol. The Morgan fingerprint density at radius 1 is 0.971 bits per heavy atom. The summed E-state index contributed by atoms with van der Waals surface area (Å²) in [5.41, 5.74) is 1.45. The van der Waals surface area contributed by atoms with Gasteiger partial charge < -0.3 is 24.8 Å². The van der Waals surface area contributed by atoms with E-state index < -0.39 is 11.8 Å². The Bertz CT molecular complexity index is 1280. The molecule has 178 valence electrons. The van der Waals surface area contributed by atoms with E-state index in [0.717, 1.165) is 0 Å². The number of anilines is 2. The van der Waals surface area contributed by atoms with Crippen molar-refractivity contribution in [3.63, 3.8) is 0 Å². The predicted octanol–water partition coefficient (Wildman–Crippen LogP) is 4.92. The minimum atomic E-state index is -0.567. The van der Waals surface area contributed by atoms with E-state index in [1.807, 2.05) is 6.07 Å². The number of amides is 2. The van der Waals surface area contributed by atoms with Crippen molar-refractivity contribution in [2.24, 2.45) is 0 Å². The first-order valence-electron chi connectivity index (χ1n) is 10.4. The monoisotopic (exact) mass is 491 g/mol. The van der Waals surface area contributed by atoms with Crippen molar-refractivity contribution in [1.82, 2.24) is 0 Å². The molecule has 0 fully saturated rings. The molecule has 0 unspecified atom stereocenters. The summed E-state index contributed by atoms with van der Waals surface area (Å²) < 4.78 is 15.8. The summed E-state index contributed by atoms with van der Waals surface area (Å²) in [4.78, 5) is 24.7. The van der Waals surface area contributed by atoms with Crippen LogP contribution in [0.2, 0.25) is 5.02 Å². The second-order valence-corrected chi connectivity index (χ2v) is 7.49. The van der Waals surface area contributed by atoms with Crippen molar-refractivity contribution >= 4 is 40.9 Å². The quantitative estimate of drug-likeness (QED) is 0.325. The van der Waals surface area contributed by atoms with Gasteiger partial charge in [0, 0.05) is 5.69 Å². The normalized spacial score (nSPS) is 10.6. The number of methoxy groups -OCH3 is 2. The highest BCUT2D eigenvalue weighted by atomic mass is 35.5. The van der Waals surface area contributed by atoms with E-state index in [4.69, 9.17) is 25.8 Å². The summed E-state index contributed by atoms with van der Waals surface area (Å²) in [5.74, 6) is 0.492. The average Bonchev–Trinajstić information content (AvgIpc) is 2.87. The number of nitrogens with one attached hydrogen (secondary N) is 2. The molecule has 3 aromatic rings. The number of carbonyl (C=O) groups excluding carboxylic acids is 2. The molecule has 0 aliphatic rings. The van der Waals surface area contributed by atoms with Crippen LogP contribution in [0.4, 0.5) is 11.4 Å². The molecule has 0 spiro atoms. The standard InChI is InChI=1S/C26H22ClN3O5/c1-33-20-10-8-19(9-11-20)29-26(32)18(15-28)13-17-7-12-23(21(27)14-17)35-16-25(31)30-22-5-3-4-6-24(22)34-2/h3-14H,16H2,1-2H3,(H,29,32)(H,30,31)/b18-13-. The van der Waals surface area contributed by atoms with E-state index in [-0.39, 0.29) is 23.0 Å². The number of hydrogen-bond acceptors (Lipinski definition) is 6. The van der Waals surface area contributed by atoms with E-state index in [0.29, 0.717) is 28.4 Å². The van der Waals surface area contributed by atoms with Crippen molar-refractivity contribution in [3.8, 4) is 23.3 Å². The van der Waals surface area contributed by atoms with E-state index >= 15 is 0 Å². The van der Waals surface area contributed by atoms with Gasteiger partial charge in [0.2, 0.25) is 0 Å². The summed E-state index contributed by atoms with van der Waals surface area (Å²) >= 11 is 6.28. The minimum Gasteiger partial charge on any atom is -0.497 e. The van der Waals surface area contributed by atoms with Gasteiger partial charge in [-0.25, -0.2) is 0 Å². The highest BCUT2D eigenvalue weighted by molar-refractivity contribution is 6.32. The van der Waals surface area contributed by atoms with Gasteiger partial charge in [0.25, 0.3) is 11.8 Å². The number of hydrogen-bond donors (Lipinski definition) is 2.